The van der Waals surface area contributed by atoms with Crippen LogP contribution in [-0.4, -0.2) is 26.7 Å². The maximum atomic E-state index is 11.6. The molecule has 1 fully saturated rings. The number of hydrogen-bond acceptors (Lipinski definition) is 4. The van der Waals surface area contributed by atoms with Crippen LogP contribution in [0.3, 0.4) is 0 Å². The summed E-state index contributed by atoms with van der Waals surface area (Å²) in [5.74, 6) is 0.283. The summed E-state index contributed by atoms with van der Waals surface area (Å²) in [5.41, 5.74) is 0.124. The van der Waals surface area contributed by atoms with Gasteiger partial charge >= 0.3 is 0 Å². The molecule has 0 saturated heterocycles. The van der Waals surface area contributed by atoms with Crippen LogP contribution < -0.4 is 14.2 Å². The predicted molar refractivity (Wildman–Crippen MR) is 63.4 cm³/mol. The molecule has 0 bridgehead atoms. The van der Waals surface area contributed by atoms with Crippen LogP contribution in [-0.2, 0) is 10.2 Å². The molecular formula is C10H14N2O4S. The number of rotatable bonds is 5. The Labute approximate surface area is 99.8 Å². The van der Waals surface area contributed by atoms with E-state index in [1.54, 1.807) is 6.07 Å². The molecule has 1 saturated carbocycles. The highest BCUT2D eigenvalue weighted by molar-refractivity contribution is 7.90. The Morgan fingerprint density at radius 2 is 2.12 bits per heavy atom. The van der Waals surface area contributed by atoms with Gasteiger partial charge in [0.2, 0.25) is 0 Å². The maximum absolute atomic E-state index is 11.6. The van der Waals surface area contributed by atoms with Gasteiger partial charge in [0.25, 0.3) is 10.2 Å². The number of methoxy groups -OCH3 is 1. The van der Waals surface area contributed by atoms with Crippen molar-refractivity contribution in [2.75, 3.05) is 11.8 Å². The molecule has 0 aliphatic heterocycles. The number of aromatic hydroxyl groups is 1. The fourth-order valence-corrected chi connectivity index (χ4v) is 2.52. The highest BCUT2D eigenvalue weighted by Gasteiger charge is 2.27. The standard InChI is InChI=1S/C10H14N2O4S/c1-16-8-4-5-9(10(13)6-8)12-17(14,15)11-7-2-3-7/h4-7,11-13H,2-3H2,1H3. The van der Waals surface area contributed by atoms with Gasteiger partial charge in [0, 0.05) is 12.1 Å². The minimum absolute atomic E-state index is 0.0212. The number of nitrogens with one attached hydrogen (secondary N) is 2. The molecule has 0 spiro atoms. The van der Waals surface area contributed by atoms with E-state index in [2.05, 4.69) is 9.44 Å². The number of phenolic OH excluding ortho intramolecular Hbond substituents is 1. The molecule has 6 nitrogen and oxygen atoms in total. The molecule has 7 heteroatoms. The van der Waals surface area contributed by atoms with E-state index in [0.29, 0.717) is 5.75 Å². The second-order valence-electron chi connectivity index (χ2n) is 3.88. The van der Waals surface area contributed by atoms with Crippen molar-refractivity contribution in [1.29, 1.82) is 0 Å². The summed E-state index contributed by atoms with van der Waals surface area (Å²) >= 11 is 0. The number of hydrogen-bond donors (Lipinski definition) is 3. The van der Waals surface area contributed by atoms with Gasteiger partial charge in [-0.2, -0.15) is 13.1 Å². The summed E-state index contributed by atoms with van der Waals surface area (Å²) in [5, 5.41) is 9.60. The first-order chi connectivity index (χ1) is 8.00. The number of benzene rings is 1. The van der Waals surface area contributed by atoms with E-state index in [4.69, 9.17) is 4.74 Å². The van der Waals surface area contributed by atoms with Crippen molar-refractivity contribution in [2.45, 2.75) is 18.9 Å². The smallest absolute Gasteiger partial charge is 0.299 e. The van der Waals surface area contributed by atoms with Crippen LogP contribution >= 0.6 is 0 Å². The summed E-state index contributed by atoms with van der Waals surface area (Å²) in [4.78, 5) is 0. The predicted octanol–water partition coefficient (Wildman–Crippen LogP) is 0.809. The van der Waals surface area contributed by atoms with E-state index in [0.717, 1.165) is 12.8 Å². The maximum Gasteiger partial charge on any atom is 0.299 e. The zero-order valence-corrected chi connectivity index (χ0v) is 10.1. The van der Waals surface area contributed by atoms with E-state index in [1.807, 2.05) is 0 Å². The molecule has 0 unspecified atom stereocenters. The summed E-state index contributed by atoms with van der Waals surface area (Å²) in [6.07, 6.45) is 1.71. The van der Waals surface area contributed by atoms with Crippen molar-refractivity contribution in [3.8, 4) is 11.5 Å². The molecule has 94 valence electrons. The van der Waals surface area contributed by atoms with Gasteiger partial charge in [0.05, 0.1) is 12.8 Å². The molecule has 1 aromatic carbocycles. The van der Waals surface area contributed by atoms with Crippen LogP contribution in [0.5, 0.6) is 11.5 Å². The quantitative estimate of drug-likeness (QED) is 0.682. The molecule has 0 heterocycles. The summed E-state index contributed by atoms with van der Waals surface area (Å²) in [6, 6.07) is 4.37. The normalized spacial score (nSPS) is 15.6. The Morgan fingerprint density at radius 3 is 2.65 bits per heavy atom. The Kier molecular flexibility index (Phi) is 3.12. The third-order valence-electron chi connectivity index (χ3n) is 2.35. The Morgan fingerprint density at radius 1 is 1.41 bits per heavy atom. The minimum atomic E-state index is -3.61. The van der Waals surface area contributed by atoms with Crippen molar-refractivity contribution in [2.24, 2.45) is 0 Å². The van der Waals surface area contributed by atoms with Crippen molar-refractivity contribution in [3.63, 3.8) is 0 Å². The lowest BCUT2D eigenvalue weighted by Gasteiger charge is -2.10. The third kappa shape index (κ3) is 3.24. The van der Waals surface area contributed by atoms with Gasteiger partial charge in [-0.3, -0.25) is 4.72 Å². The van der Waals surface area contributed by atoms with Crippen LogP contribution in [0.15, 0.2) is 18.2 Å². The summed E-state index contributed by atoms with van der Waals surface area (Å²) in [6.45, 7) is 0. The van der Waals surface area contributed by atoms with E-state index >= 15 is 0 Å². The van der Waals surface area contributed by atoms with Crippen LogP contribution in [0.2, 0.25) is 0 Å². The molecule has 0 radical (unpaired) electrons. The van der Waals surface area contributed by atoms with Crippen LogP contribution in [0.25, 0.3) is 0 Å². The second kappa shape index (κ2) is 4.42. The van der Waals surface area contributed by atoms with Gasteiger partial charge in [-0.05, 0) is 25.0 Å². The molecule has 0 atom stereocenters. The first kappa shape index (κ1) is 12.0. The minimum Gasteiger partial charge on any atom is -0.506 e. The van der Waals surface area contributed by atoms with Gasteiger partial charge in [-0.1, -0.05) is 0 Å². The van der Waals surface area contributed by atoms with Gasteiger partial charge in [-0.15, -0.1) is 0 Å². The molecule has 0 aromatic heterocycles. The van der Waals surface area contributed by atoms with Gasteiger partial charge in [0.1, 0.15) is 11.5 Å². The Balaban J connectivity index is 2.12. The molecule has 3 N–H and O–H groups in total. The topological polar surface area (TPSA) is 87.7 Å². The second-order valence-corrected chi connectivity index (χ2v) is 5.33. The largest absolute Gasteiger partial charge is 0.506 e. The molecular weight excluding hydrogens is 244 g/mol. The van der Waals surface area contributed by atoms with Crippen LogP contribution in [0.1, 0.15) is 12.8 Å². The van der Waals surface area contributed by atoms with Gasteiger partial charge < -0.3 is 9.84 Å². The number of ether oxygens (including phenoxy) is 1. The molecule has 1 aromatic rings. The van der Waals surface area contributed by atoms with Gasteiger partial charge in [0.15, 0.2) is 0 Å². The Bertz CT molecular complexity index is 511. The molecule has 2 rings (SSSR count). The number of anilines is 1. The lowest BCUT2D eigenvalue weighted by Crippen LogP contribution is -2.31. The lowest BCUT2D eigenvalue weighted by molar-refractivity contribution is 0.408. The van der Waals surface area contributed by atoms with E-state index in [9.17, 15) is 13.5 Å². The summed E-state index contributed by atoms with van der Waals surface area (Å²) < 4.78 is 32.8. The molecule has 17 heavy (non-hydrogen) atoms. The van der Waals surface area contributed by atoms with Crippen molar-refractivity contribution in [3.05, 3.63) is 18.2 Å². The molecule has 1 aliphatic carbocycles. The van der Waals surface area contributed by atoms with Crippen molar-refractivity contribution >= 4 is 15.9 Å². The first-order valence-corrected chi connectivity index (χ1v) is 6.65. The van der Waals surface area contributed by atoms with E-state index in [1.165, 1.54) is 19.2 Å². The monoisotopic (exact) mass is 258 g/mol. The lowest BCUT2D eigenvalue weighted by atomic mass is 10.3. The van der Waals surface area contributed by atoms with Crippen molar-refractivity contribution in [1.82, 2.24) is 4.72 Å². The van der Waals surface area contributed by atoms with E-state index in [-0.39, 0.29) is 17.5 Å². The zero-order valence-electron chi connectivity index (χ0n) is 9.30. The summed E-state index contributed by atoms with van der Waals surface area (Å²) in [7, 11) is -2.15. The molecule has 1 aliphatic rings. The average molecular weight is 258 g/mol. The molecule has 0 amide bonds. The van der Waals surface area contributed by atoms with Crippen molar-refractivity contribution < 1.29 is 18.3 Å². The highest BCUT2D eigenvalue weighted by atomic mass is 32.2. The third-order valence-corrected chi connectivity index (χ3v) is 3.48. The average Bonchev–Trinajstić information content (AvgIpc) is 3.04. The zero-order chi connectivity index (χ0) is 12.5. The van der Waals surface area contributed by atoms with Gasteiger partial charge in [-0.25, -0.2) is 0 Å². The highest BCUT2D eigenvalue weighted by Crippen LogP contribution is 2.29. The van der Waals surface area contributed by atoms with Crippen LogP contribution in [0.4, 0.5) is 5.69 Å². The fraction of sp³-hybridized carbons (Fsp3) is 0.400. The van der Waals surface area contributed by atoms with Crippen LogP contribution in [0, 0.1) is 0 Å². The number of phenols is 1. The van der Waals surface area contributed by atoms with E-state index < -0.39 is 10.2 Å². The first-order valence-electron chi connectivity index (χ1n) is 5.17. The Hall–Kier alpha value is -1.47. The fourth-order valence-electron chi connectivity index (χ4n) is 1.32. The SMILES string of the molecule is COc1ccc(NS(=O)(=O)NC2CC2)c(O)c1.